The van der Waals surface area contributed by atoms with Gasteiger partial charge in [0.1, 0.15) is 0 Å². The average Bonchev–Trinajstić information content (AvgIpc) is 2.53. The highest BCUT2D eigenvalue weighted by atomic mass is 15.3. The lowest BCUT2D eigenvalue weighted by Gasteiger charge is -2.33. The Morgan fingerprint density at radius 3 is 2.50 bits per heavy atom. The van der Waals surface area contributed by atoms with Crippen molar-refractivity contribution in [3.63, 3.8) is 0 Å². The van der Waals surface area contributed by atoms with Crippen molar-refractivity contribution >= 4 is 0 Å². The molecule has 2 rings (SSSR count). The van der Waals surface area contributed by atoms with Gasteiger partial charge in [0.2, 0.25) is 0 Å². The highest BCUT2D eigenvalue weighted by molar-refractivity contribution is 5.13. The SMILES string of the molecule is C=C1CC[C@]2(CCN(C)C2)N1C. The Bertz CT molecular complexity index is 212. The van der Waals surface area contributed by atoms with E-state index < -0.39 is 0 Å². The van der Waals surface area contributed by atoms with Crippen molar-refractivity contribution in [1.82, 2.24) is 9.80 Å². The number of rotatable bonds is 0. The van der Waals surface area contributed by atoms with Crippen molar-refractivity contribution in [1.29, 1.82) is 0 Å². The molecule has 2 fully saturated rings. The van der Waals surface area contributed by atoms with Gasteiger partial charge in [0.25, 0.3) is 0 Å². The van der Waals surface area contributed by atoms with E-state index in [1.807, 2.05) is 0 Å². The van der Waals surface area contributed by atoms with Crippen LogP contribution in [0.15, 0.2) is 12.3 Å². The number of nitrogens with zero attached hydrogens (tertiary/aromatic N) is 2. The second-order valence-electron chi connectivity index (χ2n) is 4.34. The van der Waals surface area contributed by atoms with Crippen molar-refractivity contribution in [3.05, 3.63) is 12.3 Å². The first-order valence-electron chi connectivity index (χ1n) is 4.74. The number of allylic oxidation sites excluding steroid dienone is 1. The number of hydrogen-bond donors (Lipinski definition) is 0. The molecule has 0 amide bonds. The molecular weight excluding hydrogens is 148 g/mol. The molecular formula is C10H18N2. The van der Waals surface area contributed by atoms with E-state index in [-0.39, 0.29) is 0 Å². The van der Waals surface area contributed by atoms with Gasteiger partial charge in [-0.25, -0.2) is 0 Å². The van der Waals surface area contributed by atoms with Crippen LogP contribution in [0.3, 0.4) is 0 Å². The van der Waals surface area contributed by atoms with Crippen LogP contribution in [0.4, 0.5) is 0 Å². The Kier molecular flexibility index (Phi) is 1.69. The molecule has 2 heteroatoms. The fraction of sp³-hybridized carbons (Fsp3) is 0.800. The average molecular weight is 166 g/mol. The topological polar surface area (TPSA) is 6.48 Å². The summed E-state index contributed by atoms with van der Waals surface area (Å²) in [6, 6.07) is 0. The monoisotopic (exact) mass is 166 g/mol. The van der Waals surface area contributed by atoms with Crippen LogP contribution in [-0.2, 0) is 0 Å². The molecule has 2 saturated heterocycles. The summed E-state index contributed by atoms with van der Waals surface area (Å²) < 4.78 is 0. The van der Waals surface area contributed by atoms with Crippen LogP contribution in [0, 0.1) is 0 Å². The molecule has 0 aliphatic carbocycles. The van der Waals surface area contributed by atoms with Gasteiger partial charge >= 0.3 is 0 Å². The van der Waals surface area contributed by atoms with E-state index in [0.717, 1.165) is 0 Å². The predicted molar refractivity (Wildman–Crippen MR) is 51.0 cm³/mol. The van der Waals surface area contributed by atoms with Gasteiger partial charge in [0.15, 0.2) is 0 Å². The van der Waals surface area contributed by atoms with Crippen molar-refractivity contribution in [2.24, 2.45) is 0 Å². The maximum atomic E-state index is 4.09. The third-order valence-electron chi connectivity index (χ3n) is 3.59. The van der Waals surface area contributed by atoms with E-state index in [4.69, 9.17) is 0 Å². The van der Waals surface area contributed by atoms with Crippen molar-refractivity contribution in [2.75, 3.05) is 27.2 Å². The summed E-state index contributed by atoms with van der Waals surface area (Å²) in [5.74, 6) is 0. The molecule has 68 valence electrons. The minimum atomic E-state index is 0.450. The van der Waals surface area contributed by atoms with Gasteiger partial charge in [-0.1, -0.05) is 6.58 Å². The molecule has 0 aromatic heterocycles. The lowest BCUT2D eigenvalue weighted by atomic mass is 9.96. The van der Waals surface area contributed by atoms with Crippen LogP contribution in [0.2, 0.25) is 0 Å². The Labute approximate surface area is 74.8 Å². The summed E-state index contributed by atoms with van der Waals surface area (Å²) in [5, 5.41) is 0. The van der Waals surface area contributed by atoms with Gasteiger partial charge in [-0.15, -0.1) is 0 Å². The van der Waals surface area contributed by atoms with E-state index in [1.165, 1.54) is 38.0 Å². The first-order valence-corrected chi connectivity index (χ1v) is 4.74. The number of likely N-dealkylation sites (tertiary alicyclic amines) is 2. The molecule has 1 atom stereocenters. The standard InChI is InChI=1S/C10H18N2/c1-9-4-5-10(12(9)3)6-7-11(2)8-10/h1,4-8H2,2-3H3/t10-/m1/s1. The second kappa shape index (κ2) is 2.49. The summed E-state index contributed by atoms with van der Waals surface area (Å²) in [6.07, 6.45) is 3.83. The summed E-state index contributed by atoms with van der Waals surface area (Å²) in [6.45, 7) is 6.56. The first-order chi connectivity index (χ1) is 5.64. The Balaban J connectivity index is 2.17. The van der Waals surface area contributed by atoms with Gasteiger partial charge in [0.05, 0.1) is 5.54 Å². The van der Waals surface area contributed by atoms with Gasteiger partial charge < -0.3 is 9.80 Å². The largest absolute Gasteiger partial charge is 0.371 e. The van der Waals surface area contributed by atoms with Crippen LogP contribution >= 0.6 is 0 Å². The van der Waals surface area contributed by atoms with Gasteiger partial charge in [-0.3, -0.25) is 0 Å². The zero-order chi connectivity index (χ0) is 8.77. The van der Waals surface area contributed by atoms with Crippen LogP contribution in [-0.4, -0.2) is 42.5 Å². The van der Waals surface area contributed by atoms with Crippen molar-refractivity contribution in [3.8, 4) is 0 Å². The molecule has 2 aliphatic heterocycles. The zero-order valence-electron chi connectivity index (χ0n) is 8.14. The predicted octanol–water partition coefficient (Wildman–Crippen LogP) is 1.30. The summed E-state index contributed by atoms with van der Waals surface area (Å²) in [5.41, 5.74) is 1.77. The maximum Gasteiger partial charge on any atom is 0.0538 e. The Morgan fingerprint density at radius 2 is 2.08 bits per heavy atom. The highest BCUT2D eigenvalue weighted by Gasteiger charge is 2.44. The fourth-order valence-corrected chi connectivity index (χ4v) is 2.59. The molecule has 0 aromatic carbocycles. The van der Waals surface area contributed by atoms with Crippen molar-refractivity contribution in [2.45, 2.75) is 24.8 Å². The van der Waals surface area contributed by atoms with Crippen LogP contribution < -0.4 is 0 Å². The number of hydrogen-bond acceptors (Lipinski definition) is 2. The molecule has 0 unspecified atom stereocenters. The summed E-state index contributed by atoms with van der Waals surface area (Å²) in [4.78, 5) is 4.84. The van der Waals surface area contributed by atoms with Crippen molar-refractivity contribution < 1.29 is 0 Å². The second-order valence-corrected chi connectivity index (χ2v) is 4.34. The zero-order valence-corrected chi connectivity index (χ0v) is 8.14. The minimum Gasteiger partial charge on any atom is -0.371 e. The van der Waals surface area contributed by atoms with E-state index >= 15 is 0 Å². The van der Waals surface area contributed by atoms with Gasteiger partial charge in [-0.05, 0) is 26.3 Å². The first kappa shape index (κ1) is 8.11. The fourth-order valence-electron chi connectivity index (χ4n) is 2.59. The minimum absolute atomic E-state index is 0.450. The van der Waals surface area contributed by atoms with Crippen LogP contribution in [0.25, 0.3) is 0 Å². The smallest absolute Gasteiger partial charge is 0.0538 e. The molecule has 2 nitrogen and oxygen atoms in total. The Hall–Kier alpha value is -0.500. The third-order valence-corrected chi connectivity index (χ3v) is 3.59. The van der Waals surface area contributed by atoms with E-state index in [9.17, 15) is 0 Å². The molecule has 2 heterocycles. The molecule has 0 bridgehead atoms. The van der Waals surface area contributed by atoms with E-state index in [2.05, 4.69) is 30.5 Å². The number of likely N-dealkylation sites (N-methyl/N-ethyl adjacent to an activating group) is 2. The third kappa shape index (κ3) is 0.977. The highest BCUT2D eigenvalue weighted by Crippen LogP contribution is 2.40. The lowest BCUT2D eigenvalue weighted by molar-refractivity contribution is 0.204. The van der Waals surface area contributed by atoms with E-state index in [0.29, 0.717) is 5.54 Å². The maximum absolute atomic E-state index is 4.09. The molecule has 0 N–H and O–H groups in total. The molecule has 12 heavy (non-hydrogen) atoms. The lowest BCUT2D eigenvalue weighted by Crippen LogP contribution is -2.42. The van der Waals surface area contributed by atoms with Crippen LogP contribution in [0.1, 0.15) is 19.3 Å². The summed E-state index contributed by atoms with van der Waals surface area (Å²) in [7, 11) is 4.41. The molecule has 1 spiro atoms. The van der Waals surface area contributed by atoms with E-state index in [1.54, 1.807) is 0 Å². The Morgan fingerprint density at radius 1 is 1.33 bits per heavy atom. The van der Waals surface area contributed by atoms with Gasteiger partial charge in [-0.2, -0.15) is 0 Å². The summed E-state index contributed by atoms with van der Waals surface area (Å²) >= 11 is 0. The molecule has 0 radical (unpaired) electrons. The molecule has 0 aromatic rings. The quantitative estimate of drug-likeness (QED) is 0.535. The molecule has 0 saturated carbocycles. The molecule has 2 aliphatic rings. The van der Waals surface area contributed by atoms with Crippen LogP contribution in [0.5, 0.6) is 0 Å². The normalized spacial score (nSPS) is 37.2. The van der Waals surface area contributed by atoms with Gasteiger partial charge in [0, 0.05) is 25.8 Å².